The number of carbonyl (C=O) groups is 1. The largest absolute Gasteiger partial charge is 0.380 e. The summed E-state index contributed by atoms with van der Waals surface area (Å²) in [6, 6.07) is 28.0. The zero-order valence-electron chi connectivity index (χ0n) is 24.1. The fourth-order valence-corrected chi connectivity index (χ4v) is 7.08. The quantitative estimate of drug-likeness (QED) is 0.228. The lowest BCUT2D eigenvalue weighted by atomic mass is 9.78. The van der Waals surface area contributed by atoms with Crippen LogP contribution in [0.15, 0.2) is 96.3 Å². The van der Waals surface area contributed by atoms with Crippen molar-refractivity contribution in [3.63, 3.8) is 0 Å². The molecule has 2 fully saturated rings. The number of nitrogens with one attached hydrogen (secondary N) is 2. The first-order valence-electron chi connectivity index (χ1n) is 14.8. The molecular formula is C34H31N7O2S. The lowest BCUT2D eigenvalue weighted by Gasteiger charge is -2.56. The molecule has 3 aromatic carbocycles. The molecule has 0 saturated carbocycles. The number of anilines is 4. The molecule has 0 aliphatic carbocycles. The number of benzene rings is 3. The van der Waals surface area contributed by atoms with E-state index in [1.54, 1.807) is 18.0 Å². The van der Waals surface area contributed by atoms with Gasteiger partial charge < -0.3 is 24.8 Å². The maximum atomic E-state index is 12.8. The topological polar surface area (TPSA) is 97.2 Å². The Balaban J connectivity index is 1.03. The third-order valence-corrected chi connectivity index (χ3v) is 9.32. The van der Waals surface area contributed by atoms with Gasteiger partial charge in [-0.05, 0) is 48.0 Å². The third kappa shape index (κ3) is 5.20. The molecule has 8 rings (SSSR count). The summed E-state index contributed by atoms with van der Waals surface area (Å²) in [5.41, 5.74) is 7.75. The van der Waals surface area contributed by atoms with E-state index < -0.39 is 0 Å². The molecule has 9 nitrogen and oxygen atoms in total. The van der Waals surface area contributed by atoms with Crippen molar-refractivity contribution in [1.82, 2.24) is 19.5 Å². The van der Waals surface area contributed by atoms with Gasteiger partial charge in [-0.2, -0.15) is 0 Å². The molecule has 0 bridgehead atoms. The predicted octanol–water partition coefficient (Wildman–Crippen LogP) is 5.87. The number of thioether (sulfide) groups is 1. The smallest absolute Gasteiger partial charge is 0.228 e. The number of aromatic nitrogens is 4. The van der Waals surface area contributed by atoms with Crippen LogP contribution in [0.5, 0.6) is 0 Å². The maximum Gasteiger partial charge on any atom is 0.228 e. The molecule has 5 heterocycles. The van der Waals surface area contributed by atoms with Crippen LogP contribution in [0.25, 0.3) is 22.6 Å². The lowest BCUT2D eigenvalue weighted by Crippen LogP contribution is -2.66. The Hall–Kier alpha value is -4.67. The van der Waals surface area contributed by atoms with Crippen LogP contribution in [0.2, 0.25) is 0 Å². The monoisotopic (exact) mass is 601 g/mol. The number of fused-ring (bicyclic) bond motifs is 1. The fraction of sp³-hybridized carbons (Fsp3) is 0.235. The highest BCUT2D eigenvalue weighted by Crippen LogP contribution is 2.41. The number of imidazole rings is 1. The van der Waals surface area contributed by atoms with Crippen molar-refractivity contribution in [2.75, 3.05) is 47.6 Å². The van der Waals surface area contributed by atoms with Crippen molar-refractivity contribution in [3.8, 4) is 22.6 Å². The van der Waals surface area contributed by atoms with Crippen molar-refractivity contribution in [2.24, 2.45) is 5.41 Å². The molecule has 0 atom stereocenters. The summed E-state index contributed by atoms with van der Waals surface area (Å²) in [6.45, 7) is 4.74. The molecule has 5 aromatic rings. The average Bonchev–Trinajstić information content (AvgIpc) is 3.59. The van der Waals surface area contributed by atoms with Crippen LogP contribution in [0.4, 0.5) is 23.0 Å². The van der Waals surface area contributed by atoms with E-state index in [0.717, 1.165) is 83.3 Å². The molecule has 3 aliphatic rings. The number of nitrogens with zero attached hydrogens (tertiary/aromatic N) is 5. The highest BCUT2D eigenvalue weighted by Gasteiger charge is 2.49. The number of carbonyl (C=O) groups excluding carboxylic acids is 1. The van der Waals surface area contributed by atoms with E-state index in [4.69, 9.17) is 14.7 Å². The molecule has 3 aliphatic heterocycles. The van der Waals surface area contributed by atoms with Gasteiger partial charge in [0, 0.05) is 54.2 Å². The van der Waals surface area contributed by atoms with Crippen molar-refractivity contribution in [3.05, 3.63) is 96.7 Å². The normalized spacial score (nSPS) is 16.2. The van der Waals surface area contributed by atoms with Gasteiger partial charge in [0.15, 0.2) is 5.16 Å². The summed E-state index contributed by atoms with van der Waals surface area (Å²) < 4.78 is 7.64. The summed E-state index contributed by atoms with van der Waals surface area (Å²) in [5, 5.41) is 7.40. The summed E-state index contributed by atoms with van der Waals surface area (Å²) >= 11 is 1.74. The van der Waals surface area contributed by atoms with Crippen LogP contribution in [-0.4, -0.2) is 57.5 Å². The van der Waals surface area contributed by atoms with E-state index in [-0.39, 0.29) is 5.91 Å². The van der Waals surface area contributed by atoms with Crippen LogP contribution < -0.4 is 15.5 Å². The molecule has 10 heteroatoms. The zero-order chi connectivity index (χ0) is 29.5. The highest BCUT2D eigenvalue weighted by atomic mass is 32.2. The molecule has 2 aromatic heterocycles. The van der Waals surface area contributed by atoms with Crippen LogP contribution in [0, 0.1) is 5.41 Å². The van der Waals surface area contributed by atoms with Gasteiger partial charge in [0.05, 0.1) is 42.1 Å². The number of rotatable bonds is 8. The number of hydrogen-bond acceptors (Lipinski definition) is 8. The Labute approximate surface area is 259 Å². The van der Waals surface area contributed by atoms with Gasteiger partial charge in [-0.1, -0.05) is 54.2 Å². The Morgan fingerprint density at radius 3 is 2.57 bits per heavy atom. The Morgan fingerprint density at radius 1 is 0.932 bits per heavy atom. The Morgan fingerprint density at radius 2 is 1.77 bits per heavy atom. The minimum Gasteiger partial charge on any atom is -0.380 e. The molecule has 1 amide bonds. The van der Waals surface area contributed by atoms with Gasteiger partial charge in [0.25, 0.3) is 0 Å². The first-order chi connectivity index (χ1) is 21.6. The summed E-state index contributed by atoms with van der Waals surface area (Å²) in [4.78, 5) is 29.6. The number of hydrogen-bond donors (Lipinski definition) is 2. The SMILES string of the molecule is O=C(Cc1ccccc1)Nc1cccc(-c2nc3n(c2-c2ccnc(Nc4ccc(N5CC6(COC6)C5)cc4)n2)CCS3)c1. The van der Waals surface area contributed by atoms with E-state index in [2.05, 4.69) is 49.4 Å². The minimum absolute atomic E-state index is 0.0576. The van der Waals surface area contributed by atoms with Gasteiger partial charge in [-0.25, -0.2) is 15.0 Å². The fourth-order valence-electron chi connectivity index (χ4n) is 6.12. The van der Waals surface area contributed by atoms with E-state index in [9.17, 15) is 4.79 Å². The van der Waals surface area contributed by atoms with Crippen LogP contribution in [-0.2, 0) is 22.5 Å². The molecule has 44 heavy (non-hydrogen) atoms. The summed E-state index contributed by atoms with van der Waals surface area (Å²) in [6.07, 6.45) is 2.10. The number of amides is 1. The van der Waals surface area contributed by atoms with Crippen LogP contribution in [0.1, 0.15) is 5.56 Å². The van der Waals surface area contributed by atoms with Crippen molar-refractivity contribution >= 4 is 40.7 Å². The molecule has 2 N–H and O–H groups in total. The highest BCUT2D eigenvalue weighted by molar-refractivity contribution is 7.99. The molecule has 2 saturated heterocycles. The molecular weight excluding hydrogens is 570 g/mol. The van der Waals surface area contributed by atoms with Gasteiger partial charge in [0.1, 0.15) is 0 Å². The standard InChI is InChI=1S/C34H31N7O2S/c42-29(17-23-5-2-1-3-6-23)36-26-8-4-7-24(18-26)30-31(41-15-16-44-33(41)39-30)28-13-14-35-32(38-28)37-25-9-11-27(12-10-25)40-19-34(20-40)21-43-22-34/h1-14,18H,15-17,19-22H2,(H,36,42)(H,35,37,38). The van der Waals surface area contributed by atoms with Crippen molar-refractivity contribution in [1.29, 1.82) is 0 Å². The van der Waals surface area contributed by atoms with Crippen LogP contribution in [0.3, 0.4) is 0 Å². The second-order valence-corrected chi connectivity index (χ2v) is 12.7. The Bertz CT molecular complexity index is 1830. The zero-order valence-corrected chi connectivity index (χ0v) is 24.9. The van der Waals surface area contributed by atoms with E-state index in [0.29, 0.717) is 17.8 Å². The van der Waals surface area contributed by atoms with Gasteiger partial charge >= 0.3 is 0 Å². The van der Waals surface area contributed by atoms with E-state index >= 15 is 0 Å². The van der Waals surface area contributed by atoms with Crippen molar-refractivity contribution < 1.29 is 9.53 Å². The van der Waals surface area contributed by atoms with E-state index in [1.165, 1.54) is 5.69 Å². The van der Waals surface area contributed by atoms with Gasteiger partial charge in [-0.3, -0.25) is 4.79 Å². The van der Waals surface area contributed by atoms with E-state index in [1.807, 2.05) is 60.7 Å². The summed E-state index contributed by atoms with van der Waals surface area (Å²) in [7, 11) is 0. The summed E-state index contributed by atoms with van der Waals surface area (Å²) in [5.74, 6) is 1.44. The molecule has 0 radical (unpaired) electrons. The first kappa shape index (κ1) is 26.9. The van der Waals surface area contributed by atoms with Crippen LogP contribution >= 0.6 is 11.8 Å². The minimum atomic E-state index is -0.0576. The lowest BCUT2D eigenvalue weighted by molar-refractivity contribution is -0.127. The second kappa shape index (κ2) is 11.1. The van der Waals surface area contributed by atoms with Gasteiger partial charge in [0.2, 0.25) is 11.9 Å². The first-order valence-corrected chi connectivity index (χ1v) is 15.8. The number of ether oxygens (including phenoxy) is 1. The molecule has 220 valence electrons. The maximum absolute atomic E-state index is 12.8. The molecule has 0 unspecified atom stereocenters. The average molecular weight is 602 g/mol. The molecule has 1 spiro atoms. The predicted molar refractivity (Wildman–Crippen MR) is 173 cm³/mol. The second-order valence-electron chi connectivity index (χ2n) is 11.7. The Kier molecular flexibility index (Phi) is 6.80. The van der Waals surface area contributed by atoms with Gasteiger partial charge in [-0.15, -0.1) is 0 Å². The third-order valence-electron chi connectivity index (χ3n) is 8.36. The van der Waals surface area contributed by atoms with Crippen molar-refractivity contribution in [2.45, 2.75) is 18.1 Å².